The first kappa shape index (κ1) is 31.6. The molecule has 0 unspecified atom stereocenters. The topological polar surface area (TPSA) is 109 Å². The Labute approximate surface area is 214 Å². The van der Waals surface area contributed by atoms with E-state index in [1.165, 1.54) is 5.56 Å². The Morgan fingerprint density at radius 3 is 1.97 bits per heavy atom. The number of benzene rings is 1. The number of ether oxygens (including phenoxy) is 3. The van der Waals surface area contributed by atoms with Gasteiger partial charge in [0.25, 0.3) is 0 Å². The third-order valence-electron chi connectivity index (χ3n) is 6.28. The first-order chi connectivity index (χ1) is 17.7. The minimum Gasteiger partial charge on any atom is -0.497 e. The molecule has 38 heavy (non-hydrogen) atoms. The van der Waals surface area contributed by atoms with E-state index in [4.69, 9.17) is 34.0 Å². The van der Waals surface area contributed by atoms with Crippen LogP contribution in [0.15, 0.2) is 24.3 Å². The van der Waals surface area contributed by atoms with Crippen molar-refractivity contribution in [2.24, 2.45) is 11.3 Å². The zero-order valence-corrected chi connectivity index (χ0v) is 20.6. The quantitative estimate of drug-likeness (QED) is 0.526. The molecule has 3 heterocycles. The normalized spacial score (nSPS) is 23.9. The molecule has 216 valence electrons. The van der Waals surface area contributed by atoms with Crippen LogP contribution < -0.4 is 4.74 Å². The van der Waals surface area contributed by atoms with E-state index >= 15 is 0 Å². The van der Waals surface area contributed by atoms with Gasteiger partial charge in [0.05, 0.1) is 33.5 Å². The molecule has 1 aromatic rings. The third kappa shape index (κ3) is 9.60. The number of rotatable bonds is 5. The number of alkyl halides is 6. The maximum Gasteiger partial charge on any atom is 0.490 e. The number of carbonyl (C=O) groups is 2. The van der Waals surface area contributed by atoms with Crippen molar-refractivity contribution in [2.75, 3.05) is 66.3 Å². The van der Waals surface area contributed by atoms with Crippen LogP contribution in [-0.4, -0.2) is 111 Å². The molecule has 3 fully saturated rings. The molecule has 3 aliphatic rings. The van der Waals surface area contributed by atoms with Crippen molar-refractivity contribution in [3.8, 4) is 5.75 Å². The van der Waals surface area contributed by atoms with Gasteiger partial charge in [0.2, 0.25) is 0 Å². The van der Waals surface area contributed by atoms with Gasteiger partial charge in [-0.2, -0.15) is 26.3 Å². The standard InChI is InChI=1S/C19H28N2O3.2C2HF3O2/c1-22-18-4-2-16(3-5-18)10-21-11-17-12-24-15-19(17,14-21)13-20-6-8-23-9-7-20;2*3-2(4,5)1(6)7/h2-5,17H,6-15H2,1H3;2*(H,6,7)/t17-,19+;;/m1../s1. The second-order valence-corrected chi connectivity index (χ2v) is 9.09. The summed E-state index contributed by atoms with van der Waals surface area (Å²) in [6, 6.07) is 8.47. The van der Waals surface area contributed by atoms with Crippen LogP contribution in [0.3, 0.4) is 0 Å². The van der Waals surface area contributed by atoms with Crippen LogP contribution in [0.25, 0.3) is 0 Å². The van der Waals surface area contributed by atoms with Crippen LogP contribution in [0.5, 0.6) is 5.75 Å². The number of halogens is 6. The maximum absolute atomic E-state index is 10.6. The Bertz CT molecular complexity index is 883. The number of aliphatic carboxylic acids is 2. The molecule has 4 rings (SSSR count). The summed E-state index contributed by atoms with van der Waals surface area (Å²) in [5.74, 6) is -3.92. The van der Waals surface area contributed by atoms with E-state index in [1.807, 2.05) is 0 Å². The van der Waals surface area contributed by atoms with Crippen molar-refractivity contribution < 1.29 is 60.4 Å². The summed E-state index contributed by atoms with van der Waals surface area (Å²) in [7, 11) is 1.71. The van der Waals surface area contributed by atoms with Crippen molar-refractivity contribution in [3.05, 3.63) is 29.8 Å². The molecule has 0 aromatic heterocycles. The van der Waals surface area contributed by atoms with Gasteiger partial charge in [-0.25, -0.2) is 9.59 Å². The monoisotopic (exact) mass is 560 g/mol. The van der Waals surface area contributed by atoms with Gasteiger partial charge >= 0.3 is 24.3 Å². The fourth-order valence-corrected chi connectivity index (χ4v) is 4.48. The van der Waals surface area contributed by atoms with Gasteiger partial charge in [-0.05, 0) is 17.7 Å². The molecule has 3 saturated heterocycles. The Morgan fingerprint density at radius 2 is 1.50 bits per heavy atom. The smallest absolute Gasteiger partial charge is 0.490 e. The lowest BCUT2D eigenvalue weighted by atomic mass is 9.80. The van der Waals surface area contributed by atoms with E-state index in [2.05, 4.69) is 34.1 Å². The van der Waals surface area contributed by atoms with Crippen molar-refractivity contribution >= 4 is 11.9 Å². The van der Waals surface area contributed by atoms with Crippen LogP contribution in [0.4, 0.5) is 26.3 Å². The number of hydrogen-bond donors (Lipinski definition) is 2. The van der Waals surface area contributed by atoms with E-state index in [-0.39, 0.29) is 0 Å². The van der Waals surface area contributed by atoms with E-state index < -0.39 is 24.3 Å². The van der Waals surface area contributed by atoms with Crippen LogP contribution in [-0.2, 0) is 25.6 Å². The molecule has 0 spiro atoms. The number of hydrogen-bond acceptors (Lipinski definition) is 7. The lowest BCUT2D eigenvalue weighted by Crippen LogP contribution is -2.47. The first-order valence-corrected chi connectivity index (χ1v) is 11.5. The third-order valence-corrected chi connectivity index (χ3v) is 6.28. The molecule has 9 nitrogen and oxygen atoms in total. The lowest BCUT2D eigenvalue weighted by molar-refractivity contribution is -0.193. The van der Waals surface area contributed by atoms with Crippen LogP contribution in [0, 0.1) is 11.3 Å². The summed E-state index contributed by atoms with van der Waals surface area (Å²) >= 11 is 0. The second kappa shape index (κ2) is 13.4. The van der Waals surface area contributed by atoms with Crippen molar-refractivity contribution in [1.82, 2.24) is 9.80 Å². The van der Waals surface area contributed by atoms with E-state index in [0.717, 1.165) is 71.4 Å². The SMILES string of the molecule is COc1ccc(CN2C[C@@H]3COC[C@]3(CN3CCOCC3)C2)cc1.O=C(O)C(F)(F)F.O=C(O)C(F)(F)F. The summed E-state index contributed by atoms with van der Waals surface area (Å²) in [5.41, 5.74) is 1.67. The molecular formula is C23H30F6N2O7. The predicted molar refractivity (Wildman–Crippen MR) is 120 cm³/mol. The Morgan fingerprint density at radius 1 is 0.974 bits per heavy atom. The number of morpholine rings is 1. The fraction of sp³-hybridized carbons (Fsp3) is 0.652. The van der Waals surface area contributed by atoms with Gasteiger partial charge in [-0.15, -0.1) is 0 Å². The fourth-order valence-electron chi connectivity index (χ4n) is 4.48. The molecule has 1 aromatic carbocycles. The maximum atomic E-state index is 10.6. The van der Waals surface area contributed by atoms with Crippen molar-refractivity contribution in [1.29, 1.82) is 0 Å². The highest BCUT2D eigenvalue weighted by Gasteiger charge is 2.51. The largest absolute Gasteiger partial charge is 0.497 e. The molecule has 0 saturated carbocycles. The summed E-state index contributed by atoms with van der Waals surface area (Å²) < 4.78 is 80.1. The van der Waals surface area contributed by atoms with Crippen LogP contribution in [0.1, 0.15) is 5.56 Å². The summed E-state index contributed by atoms with van der Waals surface area (Å²) in [4.78, 5) is 23.0. The molecule has 3 aliphatic heterocycles. The molecule has 0 bridgehead atoms. The Kier molecular flexibility index (Phi) is 11.2. The average molecular weight is 560 g/mol. The van der Waals surface area contributed by atoms with Crippen molar-refractivity contribution in [2.45, 2.75) is 18.9 Å². The van der Waals surface area contributed by atoms with E-state index in [9.17, 15) is 26.3 Å². The lowest BCUT2D eigenvalue weighted by Gasteiger charge is -2.36. The van der Waals surface area contributed by atoms with Gasteiger partial charge in [0.1, 0.15) is 5.75 Å². The van der Waals surface area contributed by atoms with Crippen molar-refractivity contribution in [3.63, 3.8) is 0 Å². The summed E-state index contributed by atoms with van der Waals surface area (Å²) in [6.07, 6.45) is -10.2. The predicted octanol–water partition coefficient (Wildman–Crippen LogP) is 2.74. The molecule has 0 amide bonds. The highest BCUT2D eigenvalue weighted by molar-refractivity contribution is 5.73. The molecule has 15 heteroatoms. The highest BCUT2D eigenvalue weighted by Crippen LogP contribution is 2.42. The Balaban J connectivity index is 0.000000301. The molecule has 0 radical (unpaired) electrons. The van der Waals surface area contributed by atoms with Crippen LogP contribution in [0.2, 0.25) is 0 Å². The number of carboxylic acid groups (broad SMARTS) is 2. The number of nitrogens with zero attached hydrogens (tertiary/aromatic N) is 2. The summed E-state index contributed by atoms with van der Waals surface area (Å²) in [6.45, 7) is 10.2. The average Bonchev–Trinajstić information content (AvgIpc) is 3.36. The molecule has 2 N–H and O–H groups in total. The highest BCUT2D eigenvalue weighted by atomic mass is 19.4. The minimum absolute atomic E-state index is 0.309. The number of methoxy groups -OCH3 is 1. The van der Waals surface area contributed by atoms with Gasteiger partial charge in [-0.3, -0.25) is 9.80 Å². The Hall–Kier alpha value is -2.62. The first-order valence-electron chi connectivity index (χ1n) is 11.5. The van der Waals surface area contributed by atoms with E-state index in [1.54, 1.807) is 7.11 Å². The number of carboxylic acids is 2. The van der Waals surface area contributed by atoms with Gasteiger partial charge in [0, 0.05) is 50.6 Å². The van der Waals surface area contributed by atoms with Gasteiger partial charge < -0.3 is 24.4 Å². The molecule has 0 aliphatic carbocycles. The number of likely N-dealkylation sites (tertiary alicyclic amines) is 1. The summed E-state index contributed by atoms with van der Waals surface area (Å²) in [5, 5.41) is 14.2. The van der Waals surface area contributed by atoms with Gasteiger partial charge in [-0.1, -0.05) is 12.1 Å². The second-order valence-electron chi connectivity index (χ2n) is 9.09. The molecule has 2 atom stereocenters. The number of fused-ring (bicyclic) bond motifs is 1. The van der Waals surface area contributed by atoms with E-state index in [0.29, 0.717) is 11.3 Å². The van der Waals surface area contributed by atoms with Gasteiger partial charge in [0.15, 0.2) is 0 Å². The molecular weight excluding hydrogens is 530 g/mol. The zero-order valence-electron chi connectivity index (χ0n) is 20.6. The van der Waals surface area contributed by atoms with Crippen LogP contribution >= 0.6 is 0 Å². The minimum atomic E-state index is -5.08. The zero-order chi connectivity index (χ0) is 28.6.